The van der Waals surface area contributed by atoms with E-state index in [1.165, 1.54) is 22.6 Å². The Hall–Kier alpha value is -0.860. The van der Waals surface area contributed by atoms with E-state index in [2.05, 4.69) is 4.98 Å². The summed E-state index contributed by atoms with van der Waals surface area (Å²) in [6, 6.07) is 0.607. The molecule has 0 aliphatic heterocycles. The van der Waals surface area contributed by atoms with Crippen molar-refractivity contribution in [2.24, 2.45) is 0 Å². The Morgan fingerprint density at radius 3 is 2.57 bits per heavy atom. The van der Waals surface area contributed by atoms with E-state index in [0.717, 1.165) is 0 Å². The summed E-state index contributed by atoms with van der Waals surface area (Å²) in [5.74, 6) is -2.68. The maximum absolute atomic E-state index is 12.6. The van der Waals surface area contributed by atoms with Crippen LogP contribution in [0.1, 0.15) is 22.5 Å². The molecule has 0 atom stereocenters. The minimum Gasteiger partial charge on any atom is -0.478 e. The van der Waals surface area contributed by atoms with E-state index in [0.29, 0.717) is 6.07 Å². The molecule has 0 amide bonds. The quantitative estimate of drug-likeness (QED) is 0.673. The fraction of sp³-hybridized carbons (Fsp3) is 0.143. The van der Waals surface area contributed by atoms with Crippen LogP contribution in [0.3, 0.4) is 0 Å². The molecule has 0 aliphatic carbocycles. The van der Waals surface area contributed by atoms with Gasteiger partial charge < -0.3 is 5.11 Å². The number of aromatic nitrogens is 1. The summed E-state index contributed by atoms with van der Waals surface area (Å²) in [7, 11) is 0. The van der Waals surface area contributed by atoms with E-state index in [-0.39, 0.29) is 3.57 Å². The molecule has 1 aromatic rings. The number of aromatic carboxylic acids is 1. The molecule has 1 aromatic heterocycles. The Morgan fingerprint density at radius 1 is 1.57 bits per heavy atom. The third kappa shape index (κ3) is 2.14. The fourth-order valence-electron chi connectivity index (χ4n) is 0.817. The zero-order chi connectivity index (χ0) is 10.9. The summed E-state index contributed by atoms with van der Waals surface area (Å²) in [6.45, 7) is 0. The van der Waals surface area contributed by atoms with Gasteiger partial charge in [-0.15, -0.1) is 0 Å². The van der Waals surface area contributed by atoms with Gasteiger partial charge in [0.2, 0.25) is 5.95 Å². The lowest BCUT2D eigenvalue weighted by Gasteiger charge is -2.05. The molecule has 14 heavy (non-hydrogen) atoms. The molecular formula is C7H3F3INO2. The SMILES string of the molecule is O=C(O)c1cc(F)nc(C(F)F)c1I. The number of alkyl halides is 2. The zero-order valence-corrected chi connectivity index (χ0v) is 8.63. The van der Waals surface area contributed by atoms with Crippen LogP contribution in [-0.2, 0) is 0 Å². The van der Waals surface area contributed by atoms with Gasteiger partial charge in [-0.1, -0.05) is 0 Å². The summed E-state index contributed by atoms with van der Waals surface area (Å²) in [5.41, 5.74) is -1.35. The molecule has 1 heterocycles. The molecule has 1 rings (SSSR count). The van der Waals surface area contributed by atoms with Gasteiger partial charge in [0.1, 0.15) is 5.69 Å². The molecule has 0 aliphatic rings. The smallest absolute Gasteiger partial charge is 0.337 e. The Morgan fingerprint density at radius 2 is 2.14 bits per heavy atom. The average molecular weight is 317 g/mol. The number of carboxylic acids is 1. The minimum atomic E-state index is -2.99. The molecule has 0 aromatic carbocycles. The van der Waals surface area contributed by atoms with Crippen LogP contribution in [0.2, 0.25) is 0 Å². The first-order valence-electron chi connectivity index (χ1n) is 3.31. The van der Waals surface area contributed by atoms with Gasteiger partial charge >= 0.3 is 5.97 Å². The highest BCUT2D eigenvalue weighted by Crippen LogP contribution is 2.25. The normalized spacial score (nSPS) is 10.6. The molecule has 3 nitrogen and oxygen atoms in total. The van der Waals surface area contributed by atoms with Gasteiger partial charge in [0.15, 0.2) is 0 Å². The predicted molar refractivity (Wildman–Crippen MR) is 48.8 cm³/mol. The van der Waals surface area contributed by atoms with Gasteiger partial charge in [0.05, 0.1) is 9.13 Å². The molecule has 0 bridgehead atoms. The Kier molecular flexibility index (Phi) is 3.29. The van der Waals surface area contributed by atoms with E-state index in [1.807, 2.05) is 0 Å². The van der Waals surface area contributed by atoms with Crippen LogP contribution in [-0.4, -0.2) is 16.1 Å². The van der Waals surface area contributed by atoms with Gasteiger partial charge in [0, 0.05) is 6.07 Å². The van der Waals surface area contributed by atoms with E-state index < -0.39 is 29.6 Å². The second-order valence-corrected chi connectivity index (χ2v) is 3.38. The Bertz CT molecular complexity index is 383. The van der Waals surface area contributed by atoms with Crippen molar-refractivity contribution in [1.29, 1.82) is 0 Å². The molecular weight excluding hydrogens is 314 g/mol. The predicted octanol–water partition coefficient (Wildman–Crippen LogP) is 2.46. The van der Waals surface area contributed by atoms with Crippen molar-refractivity contribution in [3.63, 3.8) is 0 Å². The van der Waals surface area contributed by atoms with Crippen molar-refractivity contribution in [3.05, 3.63) is 26.8 Å². The summed E-state index contributed by atoms with van der Waals surface area (Å²) in [5, 5.41) is 8.55. The lowest BCUT2D eigenvalue weighted by Crippen LogP contribution is -2.07. The average Bonchev–Trinajstić information content (AvgIpc) is 2.07. The van der Waals surface area contributed by atoms with Crippen LogP contribution in [0, 0.1) is 9.52 Å². The number of pyridine rings is 1. The summed E-state index contributed by atoms with van der Waals surface area (Å²) >= 11 is 1.40. The van der Waals surface area contributed by atoms with Crippen LogP contribution >= 0.6 is 22.6 Å². The zero-order valence-electron chi connectivity index (χ0n) is 6.47. The van der Waals surface area contributed by atoms with Crippen molar-refractivity contribution in [2.45, 2.75) is 6.43 Å². The highest BCUT2D eigenvalue weighted by molar-refractivity contribution is 14.1. The second-order valence-electron chi connectivity index (χ2n) is 2.30. The Balaban J connectivity index is 3.40. The van der Waals surface area contributed by atoms with Crippen LogP contribution in [0.4, 0.5) is 13.2 Å². The number of carboxylic acid groups (broad SMARTS) is 1. The summed E-state index contributed by atoms with van der Waals surface area (Å²) in [4.78, 5) is 13.4. The highest BCUT2D eigenvalue weighted by Gasteiger charge is 2.21. The maximum atomic E-state index is 12.6. The van der Waals surface area contributed by atoms with Crippen LogP contribution < -0.4 is 0 Å². The fourth-order valence-corrected chi connectivity index (χ4v) is 1.56. The van der Waals surface area contributed by atoms with Crippen molar-refractivity contribution in [1.82, 2.24) is 4.98 Å². The van der Waals surface area contributed by atoms with E-state index in [1.54, 1.807) is 0 Å². The lowest BCUT2D eigenvalue weighted by molar-refractivity contribution is 0.0694. The number of nitrogens with zero attached hydrogens (tertiary/aromatic N) is 1. The van der Waals surface area contributed by atoms with Gasteiger partial charge in [-0.05, 0) is 22.6 Å². The summed E-state index contributed by atoms with van der Waals surface area (Å²) in [6.07, 6.45) is -2.99. The molecule has 76 valence electrons. The number of halogens is 4. The number of carbonyl (C=O) groups is 1. The van der Waals surface area contributed by atoms with Crippen LogP contribution in [0.15, 0.2) is 6.07 Å². The van der Waals surface area contributed by atoms with Gasteiger partial charge in [-0.3, -0.25) is 0 Å². The number of rotatable bonds is 2. The van der Waals surface area contributed by atoms with Crippen LogP contribution in [0.5, 0.6) is 0 Å². The van der Waals surface area contributed by atoms with Gasteiger partial charge in [-0.25, -0.2) is 18.6 Å². The minimum absolute atomic E-state index is 0.244. The molecule has 7 heteroatoms. The van der Waals surface area contributed by atoms with Crippen molar-refractivity contribution >= 4 is 28.6 Å². The topological polar surface area (TPSA) is 50.2 Å². The van der Waals surface area contributed by atoms with Gasteiger partial charge in [-0.2, -0.15) is 4.39 Å². The molecule has 0 saturated carbocycles. The molecule has 0 fully saturated rings. The standard InChI is InChI=1S/C7H3F3INO2/c8-3-1-2(7(13)14)4(11)5(12-3)6(9)10/h1,6H,(H,13,14). The van der Waals surface area contributed by atoms with E-state index in [4.69, 9.17) is 5.11 Å². The summed E-state index contributed by atoms with van der Waals surface area (Å²) < 4.78 is 36.8. The second kappa shape index (κ2) is 4.11. The Labute approximate surface area is 90.1 Å². The first-order valence-corrected chi connectivity index (χ1v) is 4.38. The van der Waals surface area contributed by atoms with E-state index in [9.17, 15) is 18.0 Å². The van der Waals surface area contributed by atoms with Crippen molar-refractivity contribution < 1.29 is 23.1 Å². The first-order chi connectivity index (χ1) is 6.43. The third-order valence-corrected chi connectivity index (χ3v) is 2.52. The first kappa shape index (κ1) is 11.2. The number of hydrogen-bond donors (Lipinski definition) is 1. The monoisotopic (exact) mass is 317 g/mol. The van der Waals surface area contributed by atoms with Gasteiger partial charge in [0.25, 0.3) is 6.43 Å². The highest BCUT2D eigenvalue weighted by atomic mass is 127. The van der Waals surface area contributed by atoms with E-state index >= 15 is 0 Å². The molecule has 0 spiro atoms. The maximum Gasteiger partial charge on any atom is 0.337 e. The van der Waals surface area contributed by atoms with Crippen LogP contribution in [0.25, 0.3) is 0 Å². The molecule has 0 radical (unpaired) electrons. The third-order valence-electron chi connectivity index (χ3n) is 1.39. The molecule has 1 N–H and O–H groups in total. The van der Waals surface area contributed by atoms with Crippen molar-refractivity contribution in [3.8, 4) is 0 Å². The van der Waals surface area contributed by atoms with Crippen molar-refractivity contribution in [2.75, 3.05) is 0 Å². The lowest BCUT2D eigenvalue weighted by atomic mass is 10.2. The number of hydrogen-bond acceptors (Lipinski definition) is 2. The molecule has 0 unspecified atom stereocenters. The molecule has 0 saturated heterocycles. The largest absolute Gasteiger partial charge is 0.478 e.